The van der Waals surface area contributed by atoms with Gasteiger partial charge in [-0.2, -0.15) is 0 Å². The van der Waals surface area contributed by atoms with Crippen LogP contribution in [0.4, 0.5) is 10.1 Å². The van der Waals surface area contributed by atoms with Crippen LogP contribution < -0.4 is 10.5 Å². The van der Waals surface area contributed by atoms with Gasteiger partial charge in [0.2, 0.25) is 0 Å². The Morgan fingerprint density at radius 3 is 2.80 bits per heavy atom. The highest BCUT2D eigenvalue weighted by atomic mass is 35.5. The molecule has 1 rings (SSSR count). The van der Waals surface area contributed by atoms with Gasteiger partial charge in [0.05, 0.1) is 17.3 Å². The van der Waals surface area contributed by atoms with Crippen LogP contribution in [0.2, 0.25) is 5.02 Å². The summed E-state index contributed by atoms with van der Waals surface area (Å²) in [5, 5.41) is 0.0577. The van der Waals surface area contributed by atoms with Gasteiger partial charge in [-0.25, -0.2) is 9.18 Å². The second kappa shape index (κ2) is 7.94. The lowest BCUT2D eigenvalue weighted by molar-refractivity contribution is -0.151. The van der Waals surface area contributed by atoms with Crippen molar-refractivity contribution >= 4 is 23.3 Å². The van der Waals surface area contributed by atoms with E-state index in [1.165, 1.54) is 13.0 Å². The SMILES string of the molecule is CCCCCOC(=O)C(C)Oc1cc(N)c(F)cc1Cl. The smallest absolute Gasteiger partial charge is 0.347 e. The first kappa shape index (κ1) is 16.6. The van der Waals surface area contributed by atoms with Crippen molar-refractivity contribution in [1.29, 1.82) is 0 Å². The van der Waals surface area contributed by atoms with Crippen LogP contribution in [0.25, 0.3) is 0 Å². The highest BCUT2D eigenvalue weighted by Gasteiger charge is 2.18. The molecule has 0 saturated heterocycles. The van der Waals surface area contributed by atoms with Crippen molar-refractivity contribution in [2.24, 2.45) is 0 Å². The number of hydrogen-bond donors (Lipinski definition) is 1. The lowest BCUT2D eigenvalue weighted by atomic mass is 10.2. The Bertz CT molecular complexity index is 468. The van der Waals surface area contributed by atoms with Crippen LogP contribution in [0.1, 0.15) is 33.1 Å². The van der Waals surface area contributed by atoms with Gasteiger partial charge in [-0.15, -0.1) is 0 Å². The van der Waals surface area contributed by atoms with Gasteiger partial charge in [0.1, 0.15) is 11.6 Å². The van der Waals surface area contributed by atoms with Crippen molar-refractivity contribution in [2.75, 3.05) is 12.3 Å². The molecule has 0 heterocycles. The van der Waals surface area contributed by atoms with Crippen molar-refractivity contribution in [3.05, 3.63) is 23.0 Å². The molecule has 0 aliphatic rings. The molecular weight excluding hydrogens is 285 g/mol. The molecule has 0 radical (unpaired) electrons. The molecule has 2 N–H and O–H groups in total. The van der Waals surface area contributed by atoms with Crippen molar-refractivity contribution in [3.63, 3.8) is 0 Å². The normalized spacial score (nSPS) is 12.0. The molecule has 1 atom stereocenters. The molecule has 1 unspecified atom stereocenters. The second-order valence-corrected chi connectivity index (χ2v) is 4.85. The van der Waals surface area contributed by atoms with Gasteiger partial charge in [0.25, 0.3) is 0 Å². The summed E-state index contributed by atoms with van der Waals surface area (Å²) >= 11 is 5.82. The van der Waals surface area contributed by atoms with Crippen LogP contribution in [0.3, 0.4) is 0 Å². The first-order chi connectivity index (χ1) is 9.45. The monoisotopic (exact) mass is 303 g/mol. The molecule has 0 bridgehead atoms. The van der Waals surface area contributed by atoms with E-state index in [4.69, 9.17) is 26.8 Å². The van der Waals surface area contributed by atoms with Crippen molar-refractivity contribution in [1.82, 2.24) is 0 Å². The maximum Gasteiger partial charge on any atom is 0.347 e. The summed E-state index contributed by atoms with van der Waals surface area (Å²) in [5.41, 5.74) is 5.34. The van der Waals surface area contributed by atoms with Crippen LogP contribution >= 0.6 is 11.6 Å². The van der Waals surface area contributed by atoms with E-state index < -0.39 is 17.9 Å². The van der Waals surface area contributed by atoms with Crippen molar-refractivity contribution in [2.45, 2.75) is 39.2 Å². The molecule has 0 fully saturated rings. The van der Waals surface area contributed by atoms with Gasteiger partial charge in [-0.3, -0.25) is 0 Å². The van der Waals surface area contributed by atoms with Gasteiger partial charge in [-0.1, -0.05) is 31.4 Å². The number of carbonyl (C=O) groups excluding carboxylic acids is 1. The summed E-state index contributed by atoms with van der Waals surface area (Å²) in [5.74, 6) is -0.958. The molecular formula is C14H19ClFNO3. The molecule has 0 aliphatic carbocycles. The Morgan fingerprint density at radius 2 is 2.15 bits per heavy atom. The number of unbranched alkanes of at least 4 members (excludes halogenated alkanes) is 2. The molecule has 6 heteroatoms. The zero-order valence-electron chi connectivity index (χ0n) is 11.6. The van der Waals surface area contributed by atoms with E-state index in [0.717, 1.165) is 25.3 Å². The Labute approximate surface area is 123 Å². The molecule has 1 aromatic carbocycles. The van der Waals surface area contributed by atoms with E-state index in [9.17, 15) is 9.18 Å². The maximum absolute atomic E-state index is 13.1. The first-order valence-electron chi connectivity index (χ1n) is 6.53. The van der Waals surface area contributed by atoms with E-state index in [1.54, 1.807) is 0 Å². The summed E-state index contributed by atoms with van der Waals surface area (Å²) in [7, 11) is 0. The highest BCUT2D eigenvalue weighted by molar-refractivity contribution is 6.32. The summed E-state index contributed by atoms with van der Waals surface area (Å²) in [6, 6.07) is 2.30. The number of carbonyl (C=O) groups is 1. The van der Waals surface area contributed by atoms with Gasteiger partial charge in [-0.05, 0) is 19.4 Å². The number of esters is 1. The Hall–Kier alpha value is -1.49. The number of nitrogens with two attached hydrogens (primary N) is 1. The number of nitrogen functional groups attached to an aromatic ring is 1. The Morgan fingerprint density at radius 1 is 1.45 bits per heavy atom. The minimum absolute atomic E-state index is 0.0577. The fourth-order valence-corrected chi connectivity index (χ4v) is 1.71. The van der Waals surface area contributed by atoms with Crippen LogP contribution in [0.15, 0.2) is 12.1 Å². The number of rotatable bonds is 7. The van der Waals surface area contributed by atoms with E-state index >= 15 is 0 Å². The largest absolute Gasteiger partial charge is 0.477 e. The molecule has 4 nitrogen and oxygen atoms in total. The number of halogens is 2. The fraction of sp³-hybridized carbons (Fsp3) is 0.500. The van der Waals surface area contributed by atoms with Crippen LogP contribution in [0.5, 0.6) is 5.75 Å². The average Bonchev–Trinajstić information content (AvgIpc) is 2.40. The average molecular weight is 304 g/mol. The predicted octanol–water partition coefficient (Wildman–Crippen LogP) is 3.56. The topological polar surface area (TPSA) is 61.5 Å². The quantitative estimate of drug-likeness (QED) is 0.475. The molecule has 112 valence electrons. The summed E-state index contributed by atoms with van der Waals surface area (Å²) < 4.78 is 23.5. The highest BCUT2D eigenvalue weighted by Crippen LogP contribution is 2.29. The van der Waals surface area contributed by atoms with Gasteiger partial charge >= 0.3 is 5.97 Å². The predicted molar refractivity (Wildman–Crippen MR) is 76.4 cm³/mol. The first-order valence-corrected chi connectivity index (χ1v) is 6.91. The van der Waals surface area contributed by atoms with E-state index in [1.807, 2.05) is 0 Å². The summed E-state index contributed by atoms with van der Waals surface area (Å²) in [4.78, 5) is 11.7. The van der Waals surface area contributed by atoms with Crippen molar-refractivity contribution in [3.8, 4) is 5.75 Å². The molecule has 1 aromatic rings. The van der Waals surface area contributed by atoms with E-state index in [2.05, 4.69) is 6.92 Å². The Kier molecular flexibility index (Phi) is 6.58. The number of hydrogen-bond acceptors (Lipinski definition) is 4. The molecule has 0 amide bonds. The molecule has 0 aromatic heterocycles. The third-order valence-corrected chi connectivity index (χ3v) is 2.97. The number of ether oxygens (including phenoxy) is 2. The van der Waals surface area contributed by atoms with Gasteiger partial charge < -0.3 is 15.2 Å². The van der Waals surface area contributed by atoms with E-state index in [-0.39, 0.29) is 16.5 Å². The lowest BCUT2D eigenvalue weighted by Gasteiger charge is -2.15. The van der Waals surface area contributed by atoms with Crippen LogP contribution in [-0.4, -0.2) is 18.7 Å². The second-order valence-electron chi connectivity index (χ2n) is 4.44. The zero-order valence-corrected chi connectivity index (χ0v) is 12.4. The summed E-state index contributed by atoms with van der Waals surface area (Å²) in [6.07, 6.45) is 2.04. The third kappa shape index (κ3) is 4.89. The lowest BCUT2D eigenvalue weighted by Crippen LogP contribution is -2.26. The Balaban J connectivity index is 2.55. The minimum atomic E-state index is -0.834. The minimum Gasteiger partial charge on any atom is -0.477 e. The molecule has 0 aliphatic heterocycles. The zero-order chi connectivity index (χ0) is 15.1. The number of anilines is 1. The summed E-state index contributed by atoms with van der Waals surface area (Å²) in [6.45, 7) is 3.96. The third-order valence-electron chi connectivity index (χ3n) is 2.68. The molecule has 20 heavy (non-hydrogen) atoms. The fourth-order valence-electron chi connectivity index (χ4n) is 1.52. The van der Waals surface area contributed by atoms with Gasteiger partial charge in [0, 0.05) is 6.07 Å². The van der Waals surface area contributed by atoms with Crippen LogP contribution in [0, 0.1) is 5.82 Å². The maximum atomic E-state index is 13.1. The van der Waals surface area contributed by atoms with Gasteiger partial charge in [0.15, 0.2) is 6.10 Å². The van der Waals surface area contributed by atoms with Crippen LogP contribution in [-0.2, 0) is 9.53 Å². The van der Waals surface area contributed by atoms with E-state index in [0.29, 0.717) is 6.61 Å². The number of benzene rings is 1. The van der Waals surface area contributed by atoms with Crippen molar-refractivity contribution < 1.29 is 18.7 Å². The molecule has 0 spiro atoms. The standard InChI is InChI=1S/C14H19ClFNO3/c1-3-4-5-6-19-14(18)9(2)20-13-8-12(17)11(16)7-10(13)15/h7-9H,3-6,17H2,1-2H3. The molecule has 0 saturated carbocycles.